The van der Waals surface area contributed by atoms with Crippen molar-refractivity contribution in [3.63, 3.8) is 0 Å². The van der Waals surface area contributed by atoms with Gasteiger partial charge in [-0.2, -0.15) is 0 Å². The molecule has 2 atom stereocenters. The molecule has 1 amide bonds. The number of imidazole rings is 1. The van der Waals surface area contributed by atoms with Crippen LogP contribution in [0.5, 0.6) is 0 Å². The summed E-state index contributed by atoms with van der Waals surface area (Å²) in [6.07, 6.45) is 11.2. The van der Waals surface area contributed by atoms with Gasteiger partial charge in [-0.1, -0.05) is 6.92 Å². The molecular formula is C17H27N3O2. The smallest absolute Gasteiger partial charge is 0.222 e. The fourth-order valence-corrected chi connectivity index (χ4v) is 3.67. The van der Waals surface area contributed by atoms with Crippen LogP contribution in [-0.4, -0.2) is 46.2 Å². The number of amides is 1. The molecule has 2 aliphatic heterocycles. The van der Waals surface area contributed by atoms with E-state index < -0.39 is 0 Å². The van der Waals surface area contributed by atoms with Gasteiger partial charge in [-0.3, -0.25) is 4.79 Å². The number of aromatic nitrogens is 2. The number of rotatable bonds is 5. The van der Waals surface area contributed by atoms with Crippen LogP contribution >= 0.6 is 0 Å². The second-order valence-corrected chi connectivity index (χ2v) is 6.41. The molecule has 1 aromatic rings. The Morgan fingerprint density at radius 3 is 3.09 bits per heavy atom. The molecule has 2 fully saturated rings. The zero-order chi connectivity index (χ0) is 15.4. The normalized spacial score (nSPS) is 25.6. The third-order valence-corrected chi connectivity index (χ3v) is 4.91. The van der Waals surface area contributed by atoms with Gasteiger partial charge in [0.05, 0.1) is 12.1 Å². The van der Waals surface area contributed by atoms with E-state index in [1.807, 2.05) is 11.1 Å². The first kappa shape index (κ1) is 15.5. The van der Waals surface area contributed by atoms with E-state index >= 15 is 0 Å². The van der Waals surface area contributed by atoms with Gasteiger partial charge in [-0.05, 0) is 32.1 Å². The highest BCUT2D eigenvalue weighted by Crippen LogP contribution is 2.24. The molecule has 22 heavy (non-hydrogen) atoms. The van der Waals surface area contributed by atoms with E-state index in [1.165, 1.54) is 0 Å². The molecule has 0 aliphatic carbocycles. The number of carbonyl (C=O) groups is 1. The maximum absolute atomic E-state index is 12.5. The van der Waals surface area contributed by atoms with Crippen LogP contribution in [0.4, 0.5) is 0 Å². The Bertz CT molecular complexity index is 494. The molecule has 3 heterocycles. The molecule has 0 radical (unpaired) electrons. The van der Waals surface area contributed by atoms with Crippen LogP contribution < -0.4 is 0 Å². The van der Waals surface area contributed by atoms with Crippen molar-refractivity contribution in [3.05, 3.63) is 18.2 Å². The Kier molecular flexibility index (Phi) is 5.13. The summed E-state index contributed by atoms with van der Waals surface area (Å²) < 4.78 is 7.88. The number of ether oxygens (including phenoxy) is 1. The second kappa shape index (κ2) is 7.27. The molecule has 5 nitrogen and oxygen atoms in total. The predicted molar refractivity (Wildman–Crippen MR) is 84.7 cm³/mol. The maximum Gasteiger partial charge on any atom is 0.222 e. The van der Waals surface area contributed by atoms with Crippen LogP contribution in [0.1, 0.15) is 57.3 Å². The van der Waals surface area contributed by atoms with E-state index in [1.54, 1.807) is 0 Å². The van der Waals surface area contributed by atoms with E-state index in [2.05, 4.69) is 22.7 Å². The summed E-state index contributed by atoms with van der Waals surface area (Å²) in [5.74, 6) is 1.41. The standard InChI is InChI=1S/C17H27N3O2/c1-2-16-18-9-11-20(16)14-5-3-10-19(13-14)17(21)8-7-15-6-4-12-22-15/h9,11,14-15H,2-8,10,12-13H2,1H3/t14-,15+/m0/s1. The van der Waals surface area contributed by atoms with Crippen LogP contribution in [0.3, 0.4) is 0 Å². The number of carbonyl (C=O) groups excluding carboxylic acids is 1. The van der Waals surface area contributed by atoms with Crippen molar-refractivity contribution < 1.29 is 9.53 Å². The van der Waals surface area contributed by atoms with Gasteiger partial charge in [-0.15, -0.1) is 0 Å². The van der Waals surface area contributed by atoms with Crippen LogP contribution in [0, 0.1) is 0 Å². The average molecular weight is 305 g/mol. The lowest BCUT2D eigenvalue weighted by atomic mass is 10.0. The number of hydrogen-bond donors (Lipinski definition) is 0. The SMILES string of the molecule is CCc1nccn1[C@H]1CCCN(C(=O)CC[C@H]2CCCO2)C1. The van der Waals surface area contributed by atoms with Crippen molar-refractivity contribution in [3.8, 4) is 0 Å². The Labute approximate surface area is 132 Å². The van der Waals surface area contributed by atoms with Crippen molar-refractivity contribution in [1.29, 1.82) is 0 Å². The number of likely N-dealkylation sites (tertiary alicyclic amines) is 1. The van der Waals surface area contributed by atoms with Crippen molar-refractivity contribution in [2.24, 2.45) is 0 Å². The van der Waals surface area contributed by atoms with E-state index in [9.17, 15) is 4.79 Å². The molecule has 0 bridgehead atoms. The number of piperidine rings is 1. The summed E-state index contributed by atoms with van der Waals surface area (Å²) in [6.45, 7) is 4.72. The highest BCUT2D eigenvalue weighted by Gasteiger charge is 2.26. The molecule has 2 aliphatic rings. The monoisotopic (exact) mass is 305 g/mol. The fourth-order valence-electron chi connectivity index (χ4n) is 3.67. The number of nitrogens with zero attached hydrogens (tertiary/aromatic N) is 3. The second-order valence-electron chi connectivity index (χ2n) is 6.41. The van der Waals surface area contributed by atoms with Gasteiger partial charge in [0.1, 0.15) is 5.82 Å². The van der Waals surface area contributed by atoms with Gasteiger partial charge in [0.25, 0.3) is 0 Å². The van der Waals surface area contributed by atoms with Crippen molar-refractivity contribution in [2.45, 2.75) is 64.0 Å². The summed E-state index contributed by atoms with van der Waals surface area (Å²) in [4.78, 5) is 18.9. The molecule has 0 unspecified atom stereocenters. The summed E-state index contributed by atoms with van der Waals surface area (Å²) in [6, 6.07) is 0.387. The quantitative estimate of drug-likeness (QED) is 0.840. The van der Waals surface area contributed by atoms with Crippen molar-refractivity contribution >= 4 is 5.91 Å². The van der Waals surface area contributed by atoms with Gasteiger partial charge in [0, 0.05) is 44.9 Å². The minimum Gasteiger partial charge on any atom is -0.378 e. The summed E-state index contributed by atoms with van der Waals surface area (Å²) in [5.41, 5.74) is 0. The molecule has 0 spiro atoms. The van der Waals surface area contributed by atoms with Crippen molar-refractivity contribution in [2.75, 3.05) is 19.7 Å². The Morgan fingerprint density at radius 1 is 1.41 bits per heavy atom. The lowest BCUT2D eigenvalue weighted by Gasteiger charge is -2.34. The summed E-state index contributed by atoms with van der Waals surface area (Å²) in [7, 11) is 0. The molecule has 1 aromatic heterocycles. The van der Waals surface area contributed by atoms with Crippen LogP contribution in [0.25, 0.3) is 0 Å². The minimum atomic E-state index is 0.290. The largest absolute Gasteiger partial charge is 0.378 e. The zero-order valence-electron chi connectivity index (χ0n) is 13.5. The maximum atomic E-state index is 12.5. The first-order valence-corrected chi connectivity index (χ1v) is 8.69. The third-order valence-electron chi connectivity index (χ3n) is 4.91. The van der Waals surface area contributed by atoms with Crippen LogP contribution in [-0.2, 0) is 16.0 Å². The van der Waals surface area contributed by atoms with Gasteiger partial charge >= 0.3 is 0 Å². The van der Waals surface area contributed by atoms with E-state index in [4.69, 9.17) is 4.74 Å². The molecule has 2 saturated heterocycles. The summed E-state index contributed by atoms with van der Waals surface area (Å²) in [5, 5.41) is 0. The summed E-state index contributed by atoms with van der Waals surface area (Å²) >= 11 is 0. The Balaban J connectivity index is 1.54. The van der Waals surface area contributed by atoms with Crippen LogP contribution in [0.2, 0.25) is 0 Å². The van der Waals surface area contributed by atoms with Gasteiger partial charge in [-0.25, -0.2) is 4.98 Å². The van der Waals surface area contributed by atoms with Crippen molar-refractivity contribution in [1.82, 2.24) is 14.5 Å². The lowest BCUT2D eigenvalue weighted by Crippen LogP contribution is -2.41. The predicted octanol–water partition coefficient (Wildman–Crippen LogP) is 2.57. The minimum absolute atomic E-state index is 0.290. The first-order valence-electron chi connectivity index (χ1n) is 8.69. The number of hydrogen-bond acceptors (Lipinski definition) is 3. The van der Waals surface area contributed by atoms with E-state index in [0.717, 1.165) is 64.0 Å². The molecule has 0 saturated carbocycles. The Morgan fingerprint density at radius 2 is 2.32 bits per heavy atom. The average Bonchev–Trinajstić information content (AvgIpc) is 3.23. The zero-order valence-corrected chi connectivity index (χ0v) is 13.5. The topological polar surface area (TPSA) is 47.4 Å². The first-order chi connectivity index (χ1) is 10.8. The lowest BCUT2D eigenvalue weighted by molar-refractivity contribution is -0.133. The molecule has 0 aromatic carbocycles. The Hall–Kier alpha value is -1.36. The molecule has 3 rings (SSSR count). The third kappa shape index (κ3) is 3.51. The van der Waals surface area contributed by atoms with Gasteiger partial charge in [0.2, 0.25) is 5.91 Å². The highest BCUT2D eigenvalue weighted by molar-refractivity contribution is 5.76. The number of aryl methyl sites for hydroxylation is 1. The fraction of sp³-hybridized carbons (Fsp3) is 0.765. The van der Waals surface area contributed by atoms with Crippen LogP contribution in [0.15, 0.2) is 12.4 Å². The van der Waals surface area contributed by atoms with E-state index in [-0.39, 0.29) is 0 Å². The van der Waals surface area contributed by atoms with Gasteiger partial charge < -0.3 is 14.2 Å². The van der Waals surface area contributed by atoms with E-state index in [0.29, 0.717) is 24.5 Å². The van der Waals surface area contributed by atoms with Gasteiger partial charge in [0.15, 0.2) is 0 Å². The molecule has 122 valence electrons. The molecule has 0 N–H and O–H groups in total. The molecular weight excluding hydrogens is 278 g/mol. The highest BCUT2D eigenvalue weighted by atomic mass is 16.5. The molecule has 5 heteroatoms.